The molecule has 4 aromatic heterocycles. The van der Waals surface area contributed by atoms with Crippen molar-refractivity contribution in [3.8, 4) is 22.8 Å². The van der Waals surface area contributed by atoms with Gasteiger partial charge in [0, 0.05) is 47.0 Å². The molecule has 8 nitrogen and oxygen atoms in total. The van der Waals surface area contributed by atoms with Crippen LogP contribution in [-0.4, -0.2) is 116 Å². The zero-order valence-electron chi connectivity index (χ0n) is 89.4. The van der Waals surface area contributed by atoms with Gasteiger partial charge in [-0.25, -0.2) is 0 Å². The van der Waals surface area contributed by atoms with Crippen molar-refractivity contribution in [2.45, 2.75) is 572 Å². The minimum atomic E-state index is 0. The van der Waals surface area contributed by atoms with Crippen molar-refractivity contribution in [3.05, 3.63) is 95.6 Å². The summed E-state index contributed by atoms with van der Waals surface area (Å²) in [6, 6.07) is 18.8. The normalized spacial score (nSPS) is 12.0. The van der Waals surface area contributed by atoms with Gasteiger partial charge in [-0.05, 0) is 203 Å². The van der Waals surface area contributed by atoms with E-state index in [1.165, 1.54) is 581 Å². The van der Waals surface area contributed by atoms with Crippen LogP contribution >= 0.6 is 0 Å². The number of rotatable bonds is 94. The van der Waals surface area contributed by atoms with Crippen LogP contribution in [0.5, 0.6) is 0 Å². The summed E-state index contributed by atoms with van der Waals surface area (Å²) in [5, 5.41) is 0. The van der Waals surface area contributed by atoms with Crippen LogP contribution < -0.4 is 17.0 Å². The average molecular weight is 1920 g/mol. The molecule has 0 fully saturated rings. The van der Waals surface area contributed by atoms with Gasteiger partial charge >= 0.3 is 17.1 Å². The first-order chi connectivity index (χ1) is 63.0. The molecular formula is C120H224BrCuN8+5. The van der Waals surface area contributed by atoms with Crippen LogP contribution in [0.3, 0.4) is 0 Å². The molecule has 0 saturated carbocycles. The molecular weight excluding hydrogens is 1700 g/mol. The van der Waals surface area contributed by atoms with E-state index < -0.39 is 0 Å². The van der Waals surface area contributed by atoms with Crippen molar-refractivity contribution in [1.82, 2.24) is 19.9 Å². The average Bonchev–Trinajstić information content (AvgIpc) is 0.836. The van der Waals surface area contributed by atoms with E-state index in [-0.39, 0.29) is 34.1 Å². The first-order valence-corrected chi connectivity index (χ1v) is 58.2. The first kappa shape index (κ1) is 125. The van der Waals surface area contributed by atoms with Crippen molar-refractivity contribution >= 4 is 0 Å². The van der Waals surface area contributed by atoms with E-state index in [0.717, 1.165) is 49.0 Å². The van der Waals surface area contributed by atoms with Crippen LogP contribution in [0.2, 0.25) is 0 Å². The van der Waals surface area contributed by atoms with E-state index in [1.54, 1.807) is 0 Å². The Bertz CT molecular complexity index is 2400. The minimum Gasteiger partial charge on any atom is -1.00 e. The van der Waals surface area contributed by atoms with Crippen LogP contribution in [0.25, 0.3) is 22.8 Å². The number of hydrogen-bond acceptors (Lipinski definition) is 4. The molecule has 0 aromatic carbocycles. The molecule has 0 aliphatic carbocycles. The summed E-state index contributed by atoms with van der Waals surface area (Å²) in [6.45, 7) is 48.6. The van der Waals surface area contributed by atoms with Gasteiger partial charge in [0.05, 0.1) is 101 Å². The number of nitrogens with zero attached hydrogens (tertiary/aromatic N) is 8. The van der Waals surface area contributed by atoms with Gasteiger partial charge in [-0.1, -0.05) is 391 Å². The number of quaternary nitrogens is 4. The van der Waals surface area contributed by atoms with Crippen molar-refractivity contribution in [2.24, 2.45) is 0 Å². The number of unbranched alkanes of at least 4 members (excludes halogenated alkanes) is 60. The molecule has 0 spiro atoms. The summed E-state index contributed by atoms with van der Waals surface area (Å²) in [7, 11) is 0. The van der Waals surface area contributed by atoms with Gasteiger partial charge in [0.1, 0.15) is 26.2 Å². The number of halogens is 1. The number of aromatic nitrogens is 4. The Kier molecular flexibility index (Phi) is 86.0. The van der Waals surface area contributed by atoms with Gasteiger partial charge < -0.3 is 34.9 Å². The second-order valence-corrected chi connectivity index (χ2v) is 42.1. The zero-order chi connectivity index (χ0) is 92.2. The Hall–Kier alpha value is -2.56. The predicted octanol–water partition coefficient (Wildman–Crippen LogP) is 34.9. The largest absolute Gasteiger partial charge is 2.00 e. The van der Waals surface area contributed by atoms with Gasteiger partial charge in [-0.3, -0.25) is 19.9 Å². The number of hydrogen-bond donors (Lipinski definition) is 0. The molecule has 0 atom stereocenters. The van der Waals surface area contributed by atoms with E-state index in [9.17, 15) is 0 Å². The molecule has 757 valence electrons. The third kappa shape index (κ3) is 64.6. The van der Waals surface area contributed by atoms with Gasteiger partial charge in [0.25, 0.3) is 0 Å². The standard InChI is InChI=1S/2C60H112N4.BrH.Cu/c2*1-7-13-19-25-31-37-47-63(48-38-32-26-20-14-8-2,49-39-33-27-21-15-9-3)55-57-43-45-59(61-53-57)60-46-44-58(54-62-60)56-64(50-40-34-28-22-16-10-4,51-41-35-29-23-17-11-5)52-42-36-30-24-18-12-6;;/h2*43-46,53-54H,7-42,47-52,55-56H2,1-6H3;1H;/q2*+2;;+2/p-1. The molecule has 0 aliphatic rings. The smallest absolute Gasteiger partial charge is 1.00 e. The van der Waals surface area contributed by atoms with Crippen LogP contribution in [-0.2, 0) is 43.2 Å². The van der Waals surface area contributed by atoms with Crippen LogP contribution in [0.4, 0.5) is 0 Å². The minimum absolute atomic E-state index is 0. The SMILES string of the molecule is CCCCCCCC[N+](CCCCCCCC)(CCCCCCCC)Cc1ccc(-c2ccc(C[N+](CCCCCCCC)(CCCCCCCC)CCCCCCCC)cn2)nc1.CCCCCCCC[N+](CCCCCCCC)(CCCCCCCC)Cc1ccc(-c2ccc(C[N+](CCCCCCCC)(CCCCCCCC)CCCCCCCC)cn2)nc1.[Br-].[Cu+2]. The number of pyridine rings is 4. The Labute approximate surface area is 834 Å². The van der Waals surface area contributed by atoms with E-state index in [4.69, 9.17) is 19.9 Å². The van der Waals surface area contributed by atoms with Gasteiger partial charge in [0.2, 0.25) is 0 Å². The van der Waals surface area contributed by atoms with Crippen LogP contribution in [0.1, 0.15) is 568 Å². The summed E-state index contributed by atoms with van der Waals surface area (Å²) in [6.07, 6.45) is 108. The fraction of sp³-hybridized carbons (Fsp3) is 0.833. The molecule has 0 N–H and O–H groups in total. The molecule has 0 bridgehead atoms. The fourth-order valence-electron chi connectivity index (χ4n) is 21.2. The monoisotopic (exact) mass is 1920 g/mol. The Morgan fingerprint density at radius 2 is 0.246 bits per heavy atom. The van der Waals surface area contributed by atoms with Gasteiger partial charge in [0.15, 0.2) is 0 Å². The van der Waals surface area contributed by atoms with E-state index >= 15 is 0 Å². The summed E-state index contributed by atoms with van der Waals surface area (Å²) in [5.41, 5.74) is 9.81. The Morgan fingerprint density at radius 3 is 0.338 bits per heavy atom. The molecule has 0 unspecified atom stereocenters. The predicted molar refractivity (Wildman–Crippen MR) is 570 cm³/mol. The third-order valence-corrected chi connectivity index (χ3v) is 29.7. The van der Waals surface area contributed by atoms with Crippen LogP contribution in [0.15, 0.2) is 73.3 Å². The Balaban J connectivity index is 0.00000128. The summed E-state index contributed by atoms with van der Waals surface area (Å²) >= 11 is 0. The quantitative estimate of drug-likeness (QED) is 0.0251. The summed E-state index contributed by atoms with van der Waals surface area (Å²) in [5.74, 6) is 0. The van der Waals surface area contributed by atoms with Crippen molar-refractivity contribution in [2.75, 3.05) is 78.5 Å². The second kappa shape index (κ2) is 89.1. The fourth-order valence-corrected chi connectivity index (χ4v) is 21.2. The van der Waals surface area contributed by atoms with Gasteiger partial charge in [-0.15, -0.1) is 0 Å². The van der Waals surface area contributed by atoms with Crippen LogP contribution in [0, 0.1) is 0 Å². The zero-order valence-corrected chi connectivity index (χ0v) is 91.9. The molecule has 4 rings (SSSR count). The third-order valence-electron chi connectivity index (χ3n) is 29.7. The maximum atomic E-state index is 5.16. The molecule has 10 heteroatoms. The Morgan fingerprint density at radius 1 is 0.146 bits per heavy atom. The molecule has 0 saturated heterocycles. The summed E-state index contributed by atoms with van der Waals surface area (Å²) < 4.78 is 5.05. The molecule has 130 heavy (non-hydrogen) atoms. The maximum absolute atomic E-state index is 5.16. The molecule has 4 aromatic rings. The molecule has 0 aliphatic heterocycles. The van der Waals surface area contributed by atoms with Crippen molar-refractivity contribution in [1.29, 1.82) is 0 Å². The van der Waals surface area contributed by atoms with E-state index in [2.05, 4.69) is 156 Å². The second-order valence-electron chi connectivity index (χ2n) is 42.1. The molecule has 1 radical (unpaired) electrons. The first-order valence-electron chi connectivity index (χ1n) is 58.2. The topological polar surface area (TPSA) is 51.6 Å². The van der Waals surface area contributed by atoms with Crippen molar-refractivity contribution < 1.29 is 52.0 Å². The van der Waals surface area contributed by atoms with E-state index in [0.29, 0.717) is 0 Å². The molecule has 4 heterocycles. The summed E-state index contributed by atoms with van der Waals surface area (Å²) in [4.78, 5) is 20.7. The van der Waals surface area contributed by atoms with Gasteiger partial charge in [-0.2, -0.15) is 0 Å². The maximum Gasteiger partial charge on any atom is 2.00 e. The van der Waals surface area contributed by atoms with E-state index in [1.807, 2.05) is 0 Å². The molecule has 0 amide bonds. The van der Waals surface area contributed by atoms with Crippen molar-refractivity contribution in [3.63, 3.8) is 0 Å².